The van der Waals surface area contributed by atoms with Gasteiger partial charge in [0.15, 0.2) is 5.03 Å². The zero-order chi connectivity index (χ0) is 17.8. The van der Waals surface area contributed by atoms with Gasteiger partial charge < -0.3 is 5.11 Å². The molecular weight excluding hydrogens is 337 g/mol. The van der Waals surface area contributed by atoms with Crippen molar-refractivity contribution < 1.29 is 31.5 Å². The van der Waals surface area contributed by atoms with Crippen LogP contribution in [-0.2, 0) is 21.0 Å². The second-order valence-electron chi connectivity index (χ2n) is 5.40. The number of hydrogen-bond acceptors (Lipinski definition) is 4. The molecule has 0 saturated carbocycles. The molecule has 23 heavy (non-hydrogen) atoms. The number of aliphatic carboxylic acids is 1. The van der Waals surface area contributed by atoms with Crippen molar-refractivity contribution in [3.8, 4) is 0 Å². The number of nitrogens with one attached hydrogen (secondary N) is 1. The largest absolute Gasteiger partial charge is 0.481 e. The zero-order valence-electron chi connectivity index (χ0n) is 12.5. The highest BCUT2D eigenvalue weighted by Crippen LogP contribution is 2.28. The molecule has 0 spiro atoms. The van der Waals surface area contributed by atoms with Crippen LogP contribution in [0.2, 0.25) is 0 Å². The molecular formula is C13H17F3N2O4S. The molecule has 130 valence electrons. The fourth-order valence-corrected chi connectivity index (χ4v) is 2.84. The summed E-state index contributed by atoms with van der Waals surface area (Å²) in [6, 6.07) is 1.33. The lowest BCUT2D eigenvalue weighted by Crippen LogP contribution is -2.34. The smallest absolute Gasteiger partial charge is 0.417 e. The second-order valence-corrected chi connectivity index (χ2v) is 7.11. The summed E-state index contributed by atoms with van der Waals surface area (Å²) in [6.07, 6.45) is -3.94. The number of carboxylic acid groups (broad SMARTS) is 1. The van der Waals surface area contributed by atoms with E-state index in [1.54, 1.807) is 13.8 Å². The minimum Gasteiger partial charge on any atom is -0.481 e. The lowest BCUT2D eigenvalue weighted by atomic mass is 9.98. The third-order valence-corrected chi connectivity index (χ3v) is 4.30. The number of aromatic nitrogens is 1. The monoisotopic (exact) mass is 354 g/mol. The zero-order valence-corrected chi connectivity index (χ0v) is 13.3. The molecule has 0 aliphatic heterocycles. The van der Waals surface area contributed by atoms with Gasteiger partial charge in [0.05, 0.1) is 11.5 Å². The van der Waals surface area contributed by atoms with E-state index in [2.05, 4.69) is 9.71 Å². The van der Waals surface area contributed by atoms with Crippen molar-refractivity contribution >= 4 is 16.0 Å². The maximum atomic E-state index is 12.4. The number of pyridine rings is 1. The summed E-state index contributed by atoms with van der Waals surface area (Å²) >= 11 is 0. The first-order valence-corrected chi connectivity index (χ1v) is 8.17. The molecule has 2 N–H and O–H groups in total. The molecule has 1 aromatic rings. The van der Waals surface area contributed by atoms with Gasteiger partial charge in [-0.1, -0.05) is 13.8 Å². The van der Waals surface area contributed by atoms with E-state index < -0.39 is 38.7 Å². The molecule has 0 saturated heterocycles. The Morgan fingerprint density at radius 1 is 1.35 bits per heavy atom. The predicted octanol–water partition coefficient (Wildman–Crippen LogP) is 2.13. The fourth-order valence-electron chi connectivity index (χ4n) is 1.83. The average molecular weight is 354 g/mol. The molecule has 0 aliphatic carbocycles. The summed E-state index contributed by atoms with van der Waals surface area (Å²) in [5.74, 6) is -2.04. The van der Waals surface area contributed by atoms with E-state index >= 15 is 0 Å². The van der Waals surface area contributed by atoms with Crippen LogP contribution >= 0.6 is 0 Å². The Morgan fingerprint density at radius 2 is 1.96 bits per heavy atom. The Labute approximate surface area is 131 Å². The SMILES string of the molecule is CC(C)CC(CNS(=O)(=O)c1ccc(C(F)(F)F)cn1)C(=O)O. The van der Waals surface area contributed by atoms with E-state index in [1.807, 2.05) is 0 Å². The van der Waals surface area contributed by atoms with Gasteiger partial charge in [0, 0.05) is 12.7 Å². The number of alkyl halides is 3. The molecule has 0 bridgehead atoms. The minimum atomic E-state index is -4.62. The number of carbonyl (C=O) groups is 1. The Kier molecular flexibility index (Phi) is 6.11. The molecule has 0 aromatic carbocycles. The highest BCUT2D eigenvalue weighted by molar-refractivity contribution is 7.89. The molecule has 6 nitrogen and oxygen atoms in total. The van der Waals surface area contributed by atoms with Crippen molar-refractivity contribution in [1.29, 1.82) is 0 Å². The summed E-state index contributed by atoms with van der Waals surface area (Å²) in [4.78, 5) is 14.4. The number of halogens is 3. The van der Waals surface area contributed by atoms with Crippen molar-refractivity contribution in [2.24, 2.45) is 11.8 Å². The summed E-state index contributed by atoms with van der Waals surface area (Å²) < 4.78 is 63.2. The lowest BCUT2D eigenvalue weighted by molar-refractivity contribution is -0.142. The van der Waals surface area contributed by atoms with Crippen LogP contribution in [0.15, 0.2) is 23.4 Å². The first-order chi connectivity index (χ1) is 10.4. The number of rotatable bonds is 7. The Bertz CT molecular complexity index is 642. The Balaban J connectivity index is 2.85. The van der Waals surface area contributed by atoms with Gasteiger partial charge in [-0.3, -0.25) is 4.79 Å². The van der Waals surface area contributed by atoms with Crippen LogP contribution in [0, 0.1) is 11.8 Å². The molecule has 0 amide bonds. The van der Waals surface area contributed by atoms with Crippen molar-refractivity contribution in [2.75, 3.05) is 6.54 Å². The van der Waals surface area contributed by atoms with Gasteiger partial charge in [-0.2, -0.15) is 13.2 Å². The van der Waals surface area contributed by atoms with E-state index in [4.69, 9.17) is 5.11 Å². The summed E-state index contributed by atoms with van der Waals surface area (Å²) in [5, 5.41) is 8.44. The van der Waals surface area contributed by atoms with Crippen molar-refractivity contribution in [3.63, 3.8) is 0 Å². The Morgan fingerprint density at radius 3 is 2.35 bits per heavy atom. The number of nitrogens with zero attached hydrogens (tertiary/aromatic N) is 1. The first-order valence-electron chi connectivity index (χ1n) is 6.69. The van der Waals surface area contributed by atoms with Gasteiger partial charge in [-0.25, -0.2) is 18.1 Å². The first kappa shape index (κ1) is 19.4. The molecule has 1 heterocycles. The van der Waals surface area contributed by atoms with Crippen LogP contribution in [0.5, 0.6) is 0 Å². The summed E-state index contributed by atoms with van der Waals surface area (Å²) in [6.45, 7) is 3.22. The van der Waals surface area contributed by atoms with E-state index in [0.29, 0.717) is 12.3 Å². The van der Waals surface area contributed by atoms with Gasteiger partial charge in [0.25, 0.3) is 10.0 Å². The number of hydrogen-bond donors (Lipinski definition) is 2. The van der Waals surface area contributed by atoms with Gasteiger partial charge in [0.1, 0.15) is 0 Å². The van der Waals surface area contributed by atoms with E-state index in [-0.39, 0.29) is 18.9 Å². The standard InChI is InChI=1S/C13H17F3N2O4S/c1-8(2)5-9(12(19)20)6-18-23(21,22)11-4-3-10(7-17-11)13(14,15)16/h3-4,7-9,18H,5-6H2,1-2H3,(H,19,20). The normalized spacial score (nSPS) is 14.0. The second kappa shape index (κ2) is 7.26. The average Bonchev–Trinajstić information content (AvgIpc) is 2.42. The van der Waals surface area contributed by atoms with Crippen molar-refractivity contribution in [3.05, 3.63) is 23.9 Å². The Hall–Kier alpha value is -1.68. The maximum absolute atomic E-state index is 12.4. The highest BCUT2D eigenvalue weighted by atomic mass is 32.2. The van der Waals surface area contributed by atoms with Crippen LogP contribution in [0.1, 0.15) is 25.8 Å². The molecule has 1 aromatic heterocycles. The third-order valence-electron chi connectivity index (χ3n) is 2.96. The molecule has 1 rings (SSSR count). The van der Waals surface area contributed by atoms with Gasteiger partial charge in [0.2, 0.25) is 0 Å². The van der Waals surface area contributed by atoms with E-state index in [9.17, 15) is 26.4 Å². The molecule has 0 fully saturated rings. The number of sulfonamides is 1. The van der Waals surface area contributed by atoms with Crippen LogP contribution < -0.4 is 4.72 Å². The topological polar surface area (TPSA) is 96.4 Å². The molecule has 1 atom stereocenters. The highest BCUT2D eigenvalue weighted by Gasteiger charge is 2.31. The van der Waals surface area contributed by atoms with E-state index in [0.717, 1.165) is 6.07 Å². The van der Waals surface area contributed by atoms with Crippen molar-refractivity contribution in [1.82, 2.24) is 9.71 Å². The van der Waals surface area contributed by atoms with Crippen molar-refractivity contribution in [2.45, 2.75) is 31.5 Å². The molecule has 0 aliphatic rings. The van der Waals surface area contributed by atoms with Crippen LogP contribution in [-0.4, -0.2) is 31.0 Å². The summed E-state index contributed by atoms with van der Waals surface area (Å²) in [5.41, 5.74) is -1.07. The van der Waals surface area contributed by atoms with Crippen LogP contribution in [0.4, 0.5) is 13.2 Å². The van der Waals surface area contributed by atoms with Gasteiger partial charge in [-0.05, 0) is 24.5 Å². The maximum Gasteiger partial charge on any atom is 0.417 e. The quantitative estimate of drug-likeness (QED) is 0.782. The lowest BCUT2D eigenvalue weighted by Gasteiger charge is -2.15. The fraction of sp³-hybridized carbons (Fsp3) is 0.538. The van der Waals surface area contributed by atoms with Crippen LogP contribution in [0.3, 0.4) is 0 Å². The minimum absolute atomic E-state index is 0.0461. The van der Waals surface area contributed by atoms with Gasteiger partial charge in [-0.15, -0.1) is 0 Å². The third kappa shape index (κ3) is 5.79. The van der Waals surface area contributed by atoms with Gasteiger partial charge >= 0.3 is 12.1 Å². The van der Waals surface area contributed by atoms with Crippen LogP contribution in [0.25, 0.3) is 0 Å². The molecule has 1 unspecified atom stereocenters. The number of carboxylic acids is 1. The molecule has 0 radical (unpaired) electrons. The molecule has 10 heteroatoms. The summed E-state index contributed by atoms with van der Waals surface area (Å²) in [7, 11) is -4.18. The van der Waals surface area contributed by atoms with E-state index in [1.165, 1.54) is 0 Å². The predicted molar refractivity (Wildman–Crippen MR) is 75.0 cm³/mol.